The first-order chi connectivity index (χ1) is 11.0. The van der Waals surface area contributed by atoms with Crippen LogP contribution in [0.5, 0.6) is 0 Å². The van der Waals surface area contributed by atoms with E-state index < -0.39 is 9.84 Å². The van der Waals surface area contributed by atoms with Crippen LogP contribution in [0.4, 0.5) is 5.69 Å². The molecule has 1 aromatic heterocycles. The highest BCUT2D eigenvalue weighted by Crippen LogP contribution is 2.28. The van der Waals surface area contributed by atoms with Crippen LogP contribution in [0, 0.1) is 6.92 Å². The van der Waals surface area contributed by atoms with Gasteiger partial charge in [-0.3, -0.25) is 0 Å². The van der Waals surface area contributed by atoms with Gasteiger partial charge in [-0.25, -0.2) is 13.4 Å². The number of nitrogens with zero attached hydrogens (tertiary/aromatic N) is 3. The predicted octanol–water partition coefficient (Wildman–Crippen LogP) is 2.65. The van der Waals surface area contributed by atoms with E-state index in [0.717, 1.165) is 37.4 Å². The van der Waals surface area contributed by atoms with Gasteiger partial charge in [0.15, 0.2) is 9.84 Å². The number of hydrogen-bond acceptors (Lipinski definition) is 4. The van der Waals surface area contributed by atoms with Crippen LogP contribution < -0.4 is 4.90 Å². The molecule has 0 bridgehead atoms. The molecule has 6 heteroatoms. The largest absolute Gasteiger partial charge is 0.367 e. The normalized spacial score (nSPS) is 18.5. The standard InChI is InChI=1S/C17H23N3O2S/c1-3-23(21,22)17-8-6-15(7-9-17)20-11-4-5-16(20)13-19-12-10-18-14(19)2/h6-10,12,16H,3-5,11,13H2,1-2H3/t16-/m1/s1. The van der Waals surface area contributed by atoms with Gasteiger partial charge >= 0.3 is 0 Å². The van der Waals surface area contributed by atoms with E-state index in [1.165, 1.54) is 0 Å². The third kappa shape index (κ3) is 3.27. The molecule has 0 aliphatic carbocycles. The number of anilines is 1. The molecule has 2 heterocycles. The second-order valence-corrected chi connectivity index (χ2v) is 8.29. The van der Waals surface area contributed by atoms with E-state index >= 15 is 0 Å². The number of hydrogen-bond donors (Lipinski definition) is 0. The zero-order chi connectivity index (χ0) is 16.4. The molecule has 0 amide bonds. The van der Waals surface area contributed by atoms with Crippen LogP contribution in [0.3, 0.4) is 0 Å². The minimum absolute atomic E-state index is 0.137. The summed E-state index contributed by atoms with van der Waals surface area (Å²) in [5.41, 5.74) is 1.10. The first kappa shape index (κ1) is 16.1. The monoisotopic (exact) mass is 333 g/mol. The van der Waals surface area contributed by atoms with Gasteiger partial charge in [-0.1, -0.05) is 6.92 Å². The van der Waals surface area contributed by atoms with E-state index in [1.807, 2.05) is 31.5 Å². The summed E-state index contributed by atoms with van der Waals surface area (Å²) in [5.74, 6) is 1.17. The Morgan fingerprint density at radius 3 is 2.61 bits per heavy atom. The van der Waals surface area contributed by atoms with Crippen molar-refractivity contribution in [2.75, 3.05) is 17.2 Å². The highest BCUT2D eigenvalue weighted by Gasteiger charge is 2.25. The zero-order valence-corrected chi connectivity index (χ0v) is 14.5. The number of aryl methyl sites for hydroxylation is 1. The van der Waals surface area contributed by atoms with Crippen molar-refractivity contribution in [1.82, 2.24) is 9.55 Å². The average Bonchev–Trinajstić information content (AvgIpc) is 3.17. The Bertz CT molecular complexity index is 765. The molecule has 0 N–H and O–H groups in total. The van der Waals surface area contributed by atoms with Gasteiger partial charge < -0.3 is 9.47 Å². The van der Waals surface area contributed by atoms with Crippen LogP contribution in [0.25, 0.3) is 0 Å². The molecule has 5 nitrogen and oxygen atoms in total. The first-order valence-electron chi connectivity index (χ1n) is 8.08. The van der Waals surface area contributed by atoms with Crippen LogP contribution in [0.1, 0.15) is 25.6 Å². The summed E-state index contributed by atoms with van der Waals surface area (Å²) in [6.45, 7) is 5.62. The average molecular weight is 333 g/mol. The Kier molecular flexibility index (Phi) is 4.43. The lowest BCUT2D eigenvalue weighted by molar-refractivity contribution is 0.540. The summed E-state index contributed by atoms with van der Waals surface area (Å²) in [5, 5.41) is 0. The molecule has 2 aromatic rings. The van der Waals surface area contributed by atoms with Gasteiger partial charge in [-0.2, -0.15) is 0 Å². The maximum absolute atomic E-state index is 11.9. The van der Waals surface area contributed by atoms with Crippen molar-refractivity contribution in [3.05, 3.63) is 42.5 Å². The second-order valence-electron chi connectivity index (χ2n) is 6.01. The molecule has 0 spiro atoms. The molecule has 0 saturated carbocycles. The number of rotatable bonds is 5. The Balaban J connectivity index is 1.79. The van der Waals surface area contributed by atoms with E-state index in [4.69, 9.17) is 0 Å². The molecule has 124 valence electrons. The van der Waals surface area contributed by atoms with Gasteiger partial charge in [-0.05, 0) is 44.0 Å². The molecular formula is C17H23N3O2S. The maximum Gasteiger partial charge on any atom is 0.178 e. The SMILES string of the molecule is CCS(=O)(=O)c1ccc(N2CCC[C@@H]2Cn2ccnc2C)cc1. The fraction of sp³-hybridized carbons (Fsp3) is 0.471. The van der Waals surface area contributed by atoms with E-state index in [9.17, 15) is 8.42 Å². The predicted molar refractivity (Wildman–Crippen MR) is 91.5 cm³/mol. The third-order valence-electron chi connectivity index (χ3n) is 4.62. The highest BCUT2D eigenvalue weighted by atomic mass is 32.2. The van der Waals surface area contributed by atoms with Crippen molar-refractivity contribution in [3.8, 4) is 0 Å². The summed E-state index contributed by atoms with van der Waals surface area (Å²) in [6, 6.07) is 7.75. The Morgan fingerprint density at radius 1 is 1.26 bits per heavy atom. The van der Waals surface area contributed by atoms with Crippen molar-refractivity contribution in [2.45, 2.75) is 44.2 Å². The van der Waals surface area contributed by atoms with Crippen molar-refractivity contribution < 1.29 is 8.42 Å². The lowest BCUT2D eigenvalue weighted by Gasteiger charge is -2.27. The van der Waals surface area contributed by atoms with Gasteiger partial charge in [0.25, 0.3) is 0 Å². The minimum Gasteiger partial charge on any atom is -0.367 e. The molecular weight excluding hydrogens is 310 g/mol. The Hall–Kier alpha value is -1.82. The number of benzene rings is 1. The van der Waals surface area contributed by atoms with Crippen LogP contribution in [-0.2, 0) is 16.4 Å². The van der Waals surface area contributed by atoms with Gasteiger partial charge in [0.05, 0.1) is 10.6 Å². The molecule has 1 atom stereocenters. The number of sulfone groups is 1. The van der Waals surface area contributed by atoms with Gasteiger partial charge in [0.1, 0.15) is 5.82 Å². The quantitative estimate of drug-likeness (QED) is 0.844. The number of aromatic nitrogens is 2. The lowest BCUT2D eigenvalue weighted by atomic mass is 10.2. The summed E-state index contributed by atoms with van der Waals surface area (Å²) in [7, 11) is -3.13. The van der Waals surface area contributed by atoms with E-state index in [2.05, 4.69) is 14.5 Å². The topological polar surface area (TPSA) is 55.2 Å². The third-order valence-corrected chi connectivity index (χ3v) is 6.37. The van der Waals surface area contributed by atoms with Gasteiger partial charge in [0, 0.05) is 37.2 Å². The first-order valence-corrected chi connectivity index (χ1v) is 9.73. The smallest absolute Gasteiger partial charge is 0.178 e. The Morgan fingerprint density at radius 2 is 2.00 bits per heavy atom. The summed E-state index contributed by atoms with van der Waals surface area (Å²) in [4.78, 5) is 7.07. The summed E-state index contributed by atoms with van der Waals surface area (Å²) >= 11 is 0. The van der Waals surface area contributed by atoms with E-state index in [0.29, 0.717) is 10.9 Å². The molecule has 0 radical (unpaired) electrons. The fourth-order valence-corrected chi connectivity index (χ4v) is 4.08. The van der Waals surface area contributed by atoms with Crippen molar-refractivity contribution in [2.24, 2.45) is 0 Å². The van der Waals surface area contributed by atoms with E-state index in [1.54, 1.807) is 19.1 Å². The molecule has 1 aromatic carbocycles. The molecule has 1 saturated heterocycles. The second kappa shape index (κ2) is 6.35. The van der Waals surface area contributed by atoms with Crippen molar-refractivity contribution in [3.63, 3.8) is 0 Å². The van der Waals surface area contributed by atoms with Crippen molar-refractivity contribution >= 4 is 15.5 Å². The zero-order valence-electron chi connectivity index (χ0n) is 13.6. The molecule has 1 aliphatic heterocycles. The van der Waals surface area contributed by atoms with Gasteiger partial charge in [-0.15, -0.1) is 0 Å². The highest BCUT2D eigenvalue weighted by molar-refractivity contribution is 7.91. The summed E-state index contributed by atoms with van der Waals surface area (Å²) < 4.78 is 26.0. The lowest BCUT2D eigenvalue weighted by Crippen LogP contribution is -2.33. The Labute approximate surface area is 137 Å². The van der Waals surface area contributed by atoms with Crippen LogP contribution in [-0.4, -0.2) is 36.3 Å². The van der Waals surface area contributed by atoms with Crippen molar-refractivity contribution in [1.29, 1.82) is 0 Å². The molecule has 1 fully saturated rings. The van der Waals surface area contributed by atoms with E-state index in [-0.39, 0.29) is 5.75 Å². The molecule has 23 heavy (non-hydrogen) atoms. The summed E-state index contributed by atoms with van der Waals surface area (Å²) in [6.07, 6.45) is 6.15. The molecule has 0 unspecified atom stereocenters. The molecule has 1 aliphatic rings. The number of imidazole rings is 1. The van der Waals surface area contributed by atoms with Crippen LogP contribution in [0.2, 0.25) is 0 Å². The maximum atomic E-state index is 11.9. The molecule has 3 rings (SSSR count). The van der Waals surface area contributed by atoms with Crippen LogP contribution >= 0.6 is 0 Å². The van der Waals surface area contributed by atoms with Crippen LogP contribution in [0.15, 0.2) is 41.6 Å². The fourth-order valence-electron chi connectivity index (χ4n) is 3.20. The van der Waals surface area contributed by atoms with Gasteiger partial charge in [0.2, 0.25) is 0 Å². The minimum atomic E-state index is -3.13.